The van der Waals surface area contributed by atoms with Gasteiger partial charge in [-0.3, -0.25) is 14.2 Å². The van der Waals surface area contributed by atoms with Gasteiger partial charge >= 0.3 is 0 Å². The molecule has 40 heavy (non-hydrogen) atoms. The molecule has 0 amide bonds. The highest BCUT2D eigenvalue weighted by molar-refractivity contribution is 7.31. The first-order chi connectivity index (χ1) is 19.3. The molecule has 0 spiro atoms. The van der Waals surface area contributed by atoms with E-state index in [-0.39, 0.29) is 11.4 Å². The number of rotatable bonds is 7. The average molecular weight is 552 g/mol. The number of fused-ring (bicyclic) bond motifs is 1. The number of hydrogen-bond acceptors (Lipinski definition) is 5. The Balaban J connectivity index is 0.000000269. The molecule has 6 rings (SSSR count). The van der Waals surface area contributed by atoms with Crippen molar-refractivity contribution in [2.24, 2.45) is 5.73 Å². The molecule has 5 aromatic rings. The lowest BCUT2D eigenvalue weighted by Gasteiger charge is -2.11. The predicted octanol–water partition coefficient (Wildman–Crippen LogP) is 6.77. The van der Waals surface area contributed by atoms with Crippen LogP contribution in [0.4, 0.5) is 4.39 Å². The van der Waals surface area contributed by atoms with Crippen LogP contribution < -0.4 is 11.1 Å². The second-order valence-corrected chi connectivity index (χ2v) is 11.0. The first kappa shape index (κ1) is 27.5. The van der Waals surface area contributed by atoms with Gasteiger partial charge in [-0.1, -0.05) is 20.8 Å². The summed E-state index contributed by atoms with van der Waals surface area (Å²) in [5.74, 6) is 1.76. The monoisotopic (exact) mass is 551 g/mol. The first-order valence-electron chi connectivity index (χ1n) is 13.1. The fourth-order valence-corrected chi connectivity index (χ4v) is 5.36. The highest BCUT2D eigenvalue weighted by Crippen LogP contribution is 2.41. The number of carbonyl (C=O) groups excluding carboxylic acids is 1. The molecule has 4 heterocycles. The zero-order valence-corrected chi connectivity index (χ0v) is 23.5. The minimum Gasteiger partial charge on any atom is -0.320 e. The molecule has 202 valence electrons. The van der Waals surface area contributed by atoms with Gasteiger partial charge < -0.3 is 11.1 Å². The number of hydrogen-bond donors (Lipinski definition) is 2. The zero-order chi connectivity index (χ0) is 28.3. The molecule has 1 aliphatic rings. The van der Waals surface area contributed by atoms with Gasteiger partial charge in [-0.15, -0.1) is 0 Å². The van der Waals surface area contributed by atoms with Crippen LogP contribution in [0.2, 0.25) is 0 Å². The summed E-state index contributed by atoms with van der Waals surface area (Å²) in [5, 5.41) is 3.87. The van der Waals surface area contributed by atoms with Crippen LogP contribution in [0.5, 0.6) is 0 Å². The van der Waals surface area contributed by atoms with Gasteiger partial charge in [0.2, 0.25) is 0 Å². The number of benzene rings is 1. The molecule has 0 radical (unpaired) electrons. The Morgan fingerprint density at radius 3 is 2.58 bits per heavy atom. The molecule has 4 aromatic heterocycles. The molecule has 0 unspecified atom stereocenters. The van der Waals surface area contributed by atoms with E-state index in [2.05, 4.69) is 16.9 Å². The molecule has 1 aliphatic carbocycles. The quantitative estimate of drug-likeness (QED) is 0.218. The van der Waals surface area contributed by atoms with Gasteiger partial charge in [-0.25, -0.2) is 9.37 Å². The number of nitrogens with one attached hydrogen (secondary N) is 1. The highest BCUT2D eigenvalue weighted by atomic mass is 31.0. The van der Waals surface area contributed by atoms with Crippen molar-refractivity contribution in [1.29, 1.82) is 0 Å². The first-order valence-corrected chi connectivity index (χ1v) is 14.0. The molecular formula is C32H31FN5OP. The SMILES string of the molecule is C=C(CNC)c1c(-c2ccc(F)cc2)nc2ccc(-c3cc(C=O)pcc3C)cn12.NC1(c2ccccn2)CC1. The third-order valence-electron chi connectivity index (χ3n) is 6.98. The van der Waals surface area contributed by atoms with Crippen LogP contribution in [-0.2, 0) is 5.54 Å². The predicted molar refractivity (Wildman–Crippen MR) is 161 cm³/mol. The third-order valence-corrected chi connectivity index (χ3v) is 8.03. The highest BCUT2D eigenvalue weighted by Gasteiger charge is 2.41. The van der Waals surface area contributed by atoms with Crippen molar-refractivity contribution < 1.29 is 9.18 Å². The van der Waals surface area contributed by atoms with Gasteiger partial charge in [-0.05, 0) is 109 Å². The summed E-state index contributed by atoms with van der Waals surface area (Å²) in [4.78, 5) is 20.3. The maximum Gasteiger partial charge on any atom is 0.154 e. The van der Waals surface area contributed by atoms with Gasteiger partial charge in [0.1, 0.15) is 11.5 Å². The normalized spacial score (nSPS) is 13.6. The lowest BCUT2D eigenvalue weighted by Crippen LogP contribution is -2.19. The second-order valence-electron chi connectivity index (χ2n) is 10.0. The molecular weight excluding hydrogens is 520 g/mol. The lowest BCUT2D eigenvalue weighted by atomic mass is 10.0. The Bertz CT molecular complexity index is 1680. The summed E-state index contributed by atoms with van der Waals surface area (Å²) >= 11 is 0. The molecule has 0 aliphatic heterocycles. The van der Waals surface area contributed by atoms with Crippen molar-refractivity contribution >= 4 is 25.7 Å². The fourth-order valence-electron chi connectivity index (χ4n) is 4.61. The topological polar surface area (TPSA) is 85.3 Å². The van der Waals surface area contributed by atoms with Gasteiger partial charge in [0.25, 0.3) is 0 Å². The molecule has 1 saturated carbocycles. The fraction of sp³-hybridized carbons (Fsp3) is 0.188. The number of pyridine rings is 2. The number of likely N-dealkylation sites (N-methyl/N-ethyl adjacent to an activating group) is 1. The van der Waals surface area contributed by atoms with Crippen LogP contribution in [0.15, 0.2) is 85.4 Å². The molecule has 3 N–H and O–H groups in total. The number of aryl methyl sites for hydroxylation is 1. The van der Waals surface area contributed by atoms with Gasteiger partial charge in [0, 0.05) is 29.8 Å². The third kappa shape index (κ3) is 5.77. The van der Waals surface area contributed by atoms with E-state index >= 15 is 0 Å². The lowest BCUT2D eigenvalue weighted by molar-refractivity contribution is 0.112. The smallest absolute Gasteiger partial charge is 0.154 e. The molecule has 0 atom stereocenters. The number of imidazole rings is 1. The van der Waals surface area contributed by atoms with E-state index in [0.717, 1.165) is 83.2 Å². The summed E-state index contributed by atoms with van der Waals surface area (Å²) < 4.78 is 15.5. The standard InChI is InChI=1S/C24H21FN3OP.C8H10N2/c1-15(11-26-3)24-23(17-4-7-19(25)8-5-17)27-22-9-6-18(12-28(22)24)21-10-20(13-29)30-14-16(21)2;9-8(4-5-8)7-3-1-2-6-10-7/h4-10,12-14,26H,1,11H2,2-3H3;1-3,6H,4-5,9H2. The Morgan fingerprint density at radius 1 is 1.18 bits per heavy atom. The number of halogens is 1. The van der Waals surface area contributed by atoms with E-state index in [4.69, 9.17) is 10.7 Å². The maximum absolute atomic E-state index is 13.5. The second kappa shape index (κ2) is 11.6. The number of aromatic nitrogens is 3. The van der Waals surface area contributed by atoms with Gasteiger partial charge in [-0.2, -0.15) is 0 Å². The Kier molecular flexibility index (Phi) is 7.99. The minimum atomic E-state index is -0.284. The summed E-state index contributed by atoms with van der Waals surface area (Å²) in [5.41, 5.74) is 14.1. The van der Waals surface area contributed by atoms with Gasteiger partial charge in [0.15, 0.2) is 6.29 Å². The zero-order valence-electron chi connectivity index (χ0n) is 22.6. The molecule has 0 bridgehead atoms. The summed E-state index contributed by atoms with van der Waals surface area (Å²) in [6.07, 6.45) is 6.89. The number of carbonyl (C=O) groups is 1. The average Bonchev–Trinajstić information content (AvgIpc) is 3.62. The molecule has 0 saturated heterocycles. The summed E-state index contributed by atoms with van der Waals surface area (Å²) in [6, 6.07) is 18.1. The van der Waals surface area contributed by atoms with Crippen molar-refractivity contribution in [2.75, 3.05) is 13.6 Å². The van der Waals surface area contributed by atoms with Crippen molar-refractivity contribution in [3.05, 3.63) is 113 Å². The van der Waals surface area contributed by atoms with Crippen LogP contribution in [0.25, 0.3) is 33.6 Å². The summed E-state index contributed by atoms with van der Waals surface area (Å²) in [7, 11) is 2.78. The van der Waals surface area contributed by atoms with Crippen LogP contribution in [0, 0.1) is 12.7 Å². The Labute approximate surface area is 234 Å². The van der Waals surface area contributed by atoms with Crippen LogP contribution in [0.1, 0.15) is 39.9 Å². The van der Waals surface area contributed by atoms with Crippen molar-refractivity contribution in [3.63, 3.8) is 0 Å². The number of nitrogens with zero attached hydrogens (tertiary/aromatic N) is 3. The number of nitrogens with two attached hydrogens (primary N) is 1. The van der Waals surface area contributed by atoms with Crippen molar-refractivity contribution in [2.45, 2.75) is 25.3 Å². The number of aldehydes is 1. The van der Waals surface area contributed by atoms with E-state index in [1.807, 2.05) is 66.8 Å². The summed E-state index contributed by atoms with van der Waals surface area (Å²) in [6.45, 7) is 6.89. The van der Waals surface area contributed by atoms with Crippen LogP contribution in [0.3, 0.4) is 0 Å². The van der Waals surface area contributed by atoms with E-state index in [9.17, 15) is 9.18 Å². The van der Waals surface area contributed by atoms with Gasteiger partial charge in [0.05, 0.1) is 22.6 Å². The van der Waals surface area contributed by atoms with E-state index < -0.39 is 0 Å². The van der Waals surface area contributed by atoms with Crippen LogP contribution in [-0.4, -0.2) is 34.2 Å². The molecule has 1 fully saturated rings. The Hall–Kier alpha value is -4.03. The molecule has 8 heteroatoms. The van der Waals surface area contributed by atoms with Crippen LogP contribution >= 0.6 is 8.19 Å². The van der Waals surface area contributed by atoms with E-state index in [1.54, 1.807) is 18.3 Å². The van der Waals surface area contributed by atoms with Crippen molar-refractivity contribution in [1.82, 2.24) is 19.7 Å². The maximum atomic E-state index is 13.5. The largest absolute Gasteiger partial charge is 0.320 e. The van der Waals surface area contributed by atoms with E-state index in [0.29, 0.717) is 6.54 Å². The molecule has 1 aromatic carbocycles. The van der Waals surface area contributed by atoms with E-state index in [1.165, 1.54) is 12.1 Å². The molecule has 6 nitrogen and oxygen atoms in total. The minimum absolute atomic E-state index is 0.0682. The van der Waals surface area contributed by atoms with Crippen molar-refractivity contribution in [3.8, 4) is 22.4 Å². The Morgan fingerprint density at radius 2 is 1.93 bits per heavy atom.